The Morgan fingerprint density at radius 2 is 0.797 bits per heavy atom. The van der Waals surface area contributed by atoms with Crippen molar-refractivity contribution in [1.82, 2.24) is 0 Å². The molecule has 64 heavy (non-hydrogen) atoms. The second-order valence-electron chi connectivity index (χ2n) is 17.9. The zero-order chi connectivity index (χ0) is 47.1. The third kappa shape index (κ3) is 7.53. The van der Waals surface area contributed by atoms with Gasteiger partial charge in [-0.05, 0) is 46.2 Å². The van der Waals surface area contributed by atoms with Gasteiger partial charge in [-0.15, -0.1) is 0 Å². The summed E-state index contributed by atoms with van der Waals surface area (Å²) in [6.45, 7) is 14.6. The molecule has 5 nitrogen and oxygen atoms in total. The molecule has 0 bridgehead atoms. The number of phenolic OH excluding ortho intramolecular Hbond substituents is 2. The molecule has 1 aliphatic heterocycles. The zero-order valence-corrected chi connectivity index (χ0v) is 35.4. The van der Waals surface area contributed by atoms with Crippen molar-refractivity contribution in [2.24, 2.45) is 9.98 Å². The quantitative estimate of drug-likeness (QED) is 0.0757. The van der Waals surface area contributed by atoms with Crippen LogP contribution in [-0.2, 0) is 16.2 Å². The largest absolute Gasteiger partial charge is 0.507 e. The zero-order valence-electron chi connectivity index (χ0n) is 35.4. The number of para-hydroxylation sites is 2. The SMILES string of the molecule is CC(C)(C)c1cc(-c2cccc3c2Oc2c(-c4cc(C=Nc5c(F)c(F)c(F)c(F)c5F)c(O)c(C(C)(C)C)c4)cccc2C3(C)C)cc(C=Nc2c(F)c(F)c(F)c(F)c2F)c1O. The summed E-state index contributed by atoms with van der Waals surface area (Å²) in [7, 11) is 0. The van der Waals surface area contributed by atoms with Gasteiger partial charge in [-0.2, -0.15) is 0 Å². The van der Waals surface area contributed by atoms with E-state index >= 15 is 0 Å². The van der Waals surface area contributed by atoms with Crippen molar-refractivity contribution in [2.75, 3.05) is 0 Å². The van der Waals surface area contributed by atoms with Crippen LogP contribution in [0, 0.1) is 58.2 Å². The summed E-state index contributed by atoms with van der Waals surface area (Å²) in [5, 5.41) is 22.9. The Morgan fingerprint density at radius 1 is 0.484 bits per heavy atom. The number of hydrogen-bond donors (Lipinski definition) is 2. The maximum absolute atomic E-state index is 14.7. The molecule has 0 amide bonds. The van der Waals surface area contributed by atoms with Gasteiger partial charge in [-0.3, -0.25) is 0 Å². The molecule has 0 aliphatic carbocycles. The van der Waals surface area contributed by atoms with Gasteiger partial charge in [0.1, 0.15) is 34.4 Å². The van der Waals surface area contributed by atoms with Crippen LogP contribution in [0.25, 0.3) is 22.3 Å². The van der Waals surface area contributed by atoms with E-state index in [0.29, 0.717) is 56.0 Å². The summed E-state index contributed by atoms with van der Waals surface area (Å²) in [5.41, 5.74) is -1.73. The second kappa shape index (κ2) is 15.9. The summed E-state index contributed by atoms with van der Waals surface area (Å²) < 4.78 is 149. The van der Waals surface area contributed by atoms with Crippen LogP contribution in [-0.4, -0.2) is 22.6 Å². The Labute approximate surface area is 361 Å². The van der Waals surface area contributed by atoms with Crippen LogP contribution < -0.4 is 4.74 Å². The number of hydrogen-bond acceptors (Lipinski definition) is 5. The topological polar surface area (TPSA) is 74.4 Å². The number of rotatable bonds is 6. The minimum absolute atomic E-state index is 0.126. The molecule has 0 fully saturated rings. The van der Waals surface area contributed by atoms with Crippen LogP contribution in [0.5, 0.6) is 23.0 Å². The van der Waals surface area contributed by atoms with Gasteiger partial charge in [0.25, 0.3) is 0 Å². The Morgan fingerprint density at radius 3 is 1.11 bits per heavy atom. The highest BCUT2D eigenvalue weighted by molar-refractivity contribution is 5.92. The predicted molar refractivity (Wildman–Crippen MR) is 224 cm³/mol. The molecule has 1 aliphatic rings. The molecule has 6 aromatic rings. The van der Waals surface area contributed by atoms with Crippen LogP contribution in [0.1, 0.15) is 88.8 Å². The Bertz CT molecular complexity index is 2740. The lowest BCUT2D eigenvalue weighted by Gasteiger charge is -2.37. The van der Waals surface area contributed by atoms with E-state index in [9.17, 15) is 54.1 Å². The highest BCUT2D eigenvalue weighted by Crippen LogP contribution is 2.55. The third-order valence-corrected chi connectivity index (χ3v) is 11.1. The first-order chi connectivity index (χ1) is 29.8. The number of ether oxygens (including phenoxy) is 1. The molecule has 332 valence electrons. The van der Waals surface area contributed by atoms with Gasteiger partial charge in [0.15, 0.2) is 46.5 Å². The first-order valence-electron chi connectivity index (χ1n) is 19.6. The van der Waals surface area contributed by atoms with E-state index in [2.05, 4.69) is 9.98 Å². The molecule has 0 saturated heterocycles. The monoisotopic (exact) mass is 892 g/mol. The van der Waals surface area contributed by atoms with Crippen molar-refractivity contribution >= 4 is 23.8 Å². The van der Waals surface area contributed by atoms with Crippen molar-refractivity contribution in [3.8, 4) is 45.3 Å². The van der Waals surface area contributed by atoms with Crippen LogP contribution in [0.15, 0.2) is 70.6 Å². The summed E-state index contributed by atoms with van der Waals surface area (Å²) in [6.07, 6.45) is 1.59. The van der Waals surface area contributed by atoms with Crippen LogP contribution >= 0.6 is 0 Å². The molecular formula is C49H38F10N2O3. The van der Waals surface area contributed by atoms with Crippen LogP contribution in [0.2, 0.25) is 0 Å². The van der Waals surface area contributed by atoms with E-state index in [1.54, 1.807) is 77.9 Å². The van der Waals surface area contributed by atoms with Crippen LogP contribution in [0.4, 0.5) is 55.3 Å². The molecule has 0 radical (unpaired) electrons. The maximum Gasteiger partial charge on any atom is 0.200 e. The number of nitrogens with zero attached hydrogens (tertiary/aromatic N) is 2. The maximum atomic E-state index is 14.7. The average Bonchev–Trinajstić information content (AvgIpc) is 3.23. The Hall–Kier alpha value is -6.64. The van der Waals surface area contributed by atoms with Crippen molar-refractivity contribution in [1.29, 1.82) is 0 Å². The fraction of sp³-hybridized carbons (Fsp3) is 0.224. The molecule has 0 aromatic heterocycles. The molecule has 0 saturated carbocycles. The molecule has 1 heterocycles. The van der Waals surface area contributed by atoms with Gasteiger partial charge in [0.2, 0.25) is 11.6 Å². The molecule has 6 aromatic carbocycles. The number of halogens is 10. The number of fused-ring (bicyclic) bond motifs is 2. The fourth-order valence-electron chi connectivity index (χ4n) is 7.63. The van der Waals surface area contributed by atoms with Crippen molar-refractivity contribution in [3.63, 3.8) is 0 Å². The number of aliphatic imine (C=N–C) groups is 2. The second-order valence-corrected chi connectivity index (χ2v) is 17.9. The summed E-state index contributed by atoms with van der Waals surface area (Å²) >= 11 is 0. The van der Waals surface area contributed by atoms with E-state index in [4.69, 9.17) is 4.74 Å². The highest BCUT2D eigenvalue weighted by atomic mass is 19.2. The van der Waals surface area contributed by atoms with Gasteiger partial charge in [0, 0.05) is 62.4 Å². The normalized spacial score (nSPS) is 13.7. The van der Waals surface area contributed by atoms with E-state index < -0.39 is 85.8 Å². The van der Waals surface area contributed by atoms with Gasteiger partial charge < -0.3 is 14.9 Å². The Balaban J connectivity index is 1.41. The molecule has 0 spiro atoms. The summed E-state index contributed by atoms with van der Waals surface area (Å²) in [5.74, 6) is -22.2. The minimum atomic E-state index is -2.35. The van der Waals surface area contributed by atoms with Crippen molar-refractivity contribution in [3.05, 3.63) is 152 Å². The number of benzene rings is 6. The van der Waals surface area contributed by atoms with E-state index in [0.717, 1.165) is 12.4 Å². The van der Waals surface area contributed by atoms with Gasteiger partial charge in [-0.25, -0.2) is 53.9 Å². The summed E-state index contributed by atoms with van der Waals surface area (Å²) in [4.78, 5) is 7.21. The van der Waals surface area contributed by atoms with Crippen LogP contribution in [0.3, 0.4) is 0 Å². The van der Waals surface area contributed by atoms with Crippen molar-refractivity contribution < 1.29 is 58.9 Å². The van der Waals surface area contributed by atoms with E-state index in [1.165, 1.54) is 12.1 Å². The first kappa shape index (κ1) is 45.4. The van der Waals surface area contributed by atoms with E-state index in [-0.39, 0.29) is 22.6 Å². The highest BCUT2D eigenvalue weighted by Gasteiger charge is 2.38. The smallest absolute Gasteiger partial charge is 0.200 e. The number of phenols is 2. The van der Waals surface area contributed by atoms with Crippen molar-refractivity contribution in [2.45, 2.75) is 71.6 Å². The molecule has 15 heteroatoms. The standard InChI is InChI=1S/C49H38F10N2O3/c1-47(2,3)29-17-21(15-23(43(29)62)19-60-41-37(56)33(52)31(50)34(53)38(41)57)25-11-9-13-27-45(25)64-46-26(12-10-14-28(46)49(27,7)8)22-16-24(44(63)30(18-22)48(4,5)6)20-61-42-39(58)35(54)32(51)36(55)40(42)59/h9-20,62-63H,1-8H3. The lowest BCUT2D eigenvalue weighted by atomic mass is 9.73. The molecule has 0 unspecified atom stereocenters. The van der Waals surface area contributed by atoms with Gasteiger partial charge in [-0.1, -0.05) is 91.8 Å². The van der Waals surface area contributed by atoms with Gasteiger partial charge >= 0.3 is 0 Å². The molecule has 2 N–H and O–H groups in total. The average molecular weight is 893 g/mol. The third-order valence-electron chi connectivity index (χ3n) is 11.1. The predicted octanol–water partition coefficient (Wildman–Crippen LogP) is 14.4. The fourth-order valence-corrected chi connectivity index (χ4v) is 7.63. The Kier molecular flexibility index (Phi) is 11.2. The number of aromatic hydroxyl groups is 2. The molecular weight excluding hydrogens is 855 g/mol. The minimum Gasteiger partial charge on any atom is -0.507 e. The lowest BCUT2D eigenvalue weighted by Crippen LogP contribution is -2.25. The summed E-state index contributed by atoms with van der Waals surface area (Å²) in [6, 6.07) is 16.8. The molecule has 0 atom stereocenters. The van der Waals surface area contributed by atoms with E-state index in [1.807, 2.05) is 26.0 Å². The lowest BCUT2D eigenvalue weighted by molar-refractivity contribution is 0.381. The van der Waals surface area contributed by atoms with Gasteiger partial charge in [0.05, 0.1) is 0 Å². The molecule has 7 rings (SSSR count). The first-order valence-corrected chi connectivity index (χ1v) is 19.6.